The number of halogens is 2. The zero-order valence-corrected chi connectivity index (χ0v) is 16.6. The second kappa shape index (κ2) is 8.56. The Labute approximate surface area is 163 Å². The van der Waals surface area contributed by atoms with Crippen molar-refractivity contribution in [1.29, 1.82) is 0 Å². The van der Waals surface area contributed by atoms with Crippen molar-refractivity contribution in [1.82, 2.24) is 5.32 Å². The van der Waals surface area contributed by atoms with Gasteiger partial charge in [-0.2, -0.15) is 0 Å². The fourth-order valence-corrected chi connectivity index (χ4v) is 3.21. The minimum atomic E-state index is -0.933. The van der Waals surface area contributed by atoms with Crippen molar-refractivity contribution in [3.05, 3.63) is 68.7 Å². The highest BCUT2D eigenvalue weighted by Gasteiger charge is 2.22. The van der Waals surface area contributed by atoms with Crippen LogP contribution in [-0.4, -0.2) is 18.0 Å². The highest BCUT2D eigenvalue weighted by atomic mass is 35.5. The van der Waals surface area contributed by atoms with Gasteiger partial charge in [0.1, 0.15) is 0 Å². The van der Waals surface area contributed by atoms with Gasteiger partial charge in [0.2, 0.25) is 0 Å². The van der Waals surface area contributed by atoms with Crippen LogP contribution < -0.4 is 5.32 Å². The summed E-state index contributed by atoms with van der Waals surface area (Å²) in [6, 6.07) is 10.1. The van der Waals surface area contributed by atoms with Gasteiger partial charge in [0.05, 0.1) is 11.6 Å². The number of amides is 1. The summed E-state index contributed by atoms with van der Waals surface area (Å²) in [4.78, 5) is 24.6. The molecule has 1 amide bonds. The quantitative estimate of drug-likeness (QED) is 0.724. The van der Waals surface area contributed by atoms with Crippen LogP contribution in [0, 0.1) is 13.8 Å². The Balaban J connectivity index is 2.01. The summed E-state index contributed by atoms with van der Waals surface area (Å²) in [7, 11) is 0. The summed E-state index contributed by atoms with van der Waals surface area (Å²) < 4.78 is 5.29. The van der Waals surface area contributed by atoms with Crippen LogP contribution in [0.2, 0.25) is 10.0 Å². The van der Waals surface area contributed by atoms with Crippen LogP contribution in [0.3, 0.4) is 0 Å². The lowest BCUT2D eigenvalue weighted by Gasteiger charge is -2.19. The first kappa shape index (κ1) is 20.3. The number of aryl methyl sites for hydroxylation is 2. The molecule has 2 atom stereocenters. The minimum absolute atomic E-state index is 0.352. The molecular formula is C20H21Cl2NO3. The topological polar surface area (TPSA) is 55.4 Å². The zero-order chi connectivity index (χ0) is 19.4. The summed E-state index contributed by atoms with van der Waals surface area (Å²) in [6.45, 7) is 7.13. The van der Waals surface area contributed by atoms with E-state index in [1.807, 2.05) is 19.9 Å². The maximum atomic E-state index is 12.3. The Kier molecular flexibility index (Phi) is 6.68. The number of esters is 1. The summed E-state index contributed by atoms with van der Waals surface area (Å²) in [5, 5.41) is 3.78. The molecule has 0 unspecified atom stereocenters. The molecule has 2 aromatic carbocycles. The molecule has 0 aliphatic rings. The molecule has 0 aromatic heterocycles. The molecule has 26 heavy (non-hydrogen) atoms. The minimum Gasteiger partial charge on any atom is -0.449 e. The lowest BCUT2D eigenvalue weighted by atomic mass is 10.1. The van der Waals surface area contributed by atoms with Gasteiger partial charge in [0.15, 0.2) is 6.10 Å². The van der Waals surface area contributed by atoms with E-state index in [9.17, 15) is 9.59 Å². The molecule has 0 fully saturated rings. The van der Waals surface area contributed by atoms with E-state index in [4.69, 9.17) is 27.9 Å². The molecule has 0 aliphatic carbocycles. The first-order chi connectivity index (χ1) is 12.2. The number of carbonyl (C=O) groups is 2. The number of carbonyl (C=O) groups excluding carboxylic acids is 2. The Bertz CT molecular complexity index is 816. The van der Waals surface area contributed by atoms with Gasteiger partial charge in [-0.05, 0) is 57.5 Å². The number of benzene rings is 2. The molecule has 0 saturated carbocycles. The van der Waals surface area contributed by atoms with Gasteiger partial charge in [-0.1, -0.05) is 46.5 Å². The van der Waals surface area contributed by atoms with Gasteiger partial charge < -0.3 is 10.1 Å². The van der Waals surface area contributed by atoms with Crippen LogP contribution in [0.4, 0.5) is 0 Å². The molecule has 6 heteroatoms. The maximum absolute atomic E-state index is 12.3. The molecule has 4 nitrogen and oxygen atoms in total. The van der Waals surface area contributed by atoms with Crippen LogP contribution in [0.1, 0.15) is 46.9 Å². The average Bonchev–Trinajstić information content (AvgIpc) is 2.53. The highest BCUT2D eigenvalue weighted by Crippen LogP contribution is 2.26. The van der Waals surface area contributed by atoms with E-state index < -0.39 is 18.0 Å². The van der Waals surface area contributed by atoms with Crippen molar-refractivity contribution in [2.75, 3.05) is 0 Å². The number of ether oxygens (including phenoxy) is 1. The maximum Gasteiger partial charge on any atom is 0.338 e. The zero-order valence-electron chi connectivity index (χ0n) is 15.1. The normalized spacial score (nSPS) is 13.0. The fourth-order valence-electron chi connectivity index (χ4n) is 2.64. The number of hydrogen-bond donors (Lipinski definition) is 1. The average molecular weight is 394 g/mol. The number of nitrogens with one attached hydrogen (secondary N) is 1. The Morgan fingerprint density at radius 1 is 1.00 bits per heavy atom. The third kappa shape index (κ3) is 5.23. The van der Waals surface area contributed by atoms with E-state index in [1.54, 1.807) is 37.3 Å². The summed E-state index contributed by atoms with van der Waals surface area (Å²) in [5.74, 6) is -0.933. The predicted octanol–water partition coefficient (Wildman–Crippen LogP) is 5.03. The van der Waals surface area contributed by atoms with Crippen LogP contribution in [0.25, 0.3) is 0 Å². The molecular weight excluding hydrogens is 373 g/mol. The van der Waals surface area contributed by atoms with Crippen LogP contribution in [0.15, 0.2) is 36.4 Å². The van der Waals surface area contributed by atoms with E-state index in [0.29, 0.717) is 15.6 Å². The van der Waals surface area contributed by atoms with E-state index in [2.05, 4.69) is 5.32 Å². The van der Waals surface area contributed by atoms with Gasteiger partial charge in [0, 0.05) is 10.0 Å². The van der Waals surface area contributed by atoms with Crippen molar-refractivity contribution < 1.29 is 14.3 Å². The molecule has 1 N–H and O–H groups in total. The Morgan fingerprint density at radius 2 is 1.62 bits per heavy atom. The van der Waals surface area contributed by atoms with Crippen LogP contribution in [0.5, 0.6) is 0 Å². The van der Waals surface area contributed by atoms with E-state index >= 15 is 0 Å². The first-order valence-corrected chi connectivity index (χ1v) is 8.97. The second-order valence-electron chi connectivity index (χ2n) is 6.32. The van der Waals surface area contributed by atoms with Crippen LogP contribution >= 0.6 is 23.2 Å². The monoisotopic (exact) mass is 393 g/mol. The largest absolute Gasteiger partial charge is 0.449 e. The van der Waals surface area contributed by atoms with Gasteiger partial charge in [-0.25, -0.2) is 4.79 Å². The van der Waals surface area contributed by atoms with Crippen LogP contribution in [-0.2, 0) is 9.53 Å². The molecule has 0 radical (unpaired) electrons. The van der Waals surface area contributed by atoms with E-state index in [0.717, 1.165) is 16.7 Å². The molecule has 0 aliphatic heterocycles. The van der Waals surface area contributed by atoms with Crippen molar-refractivity contribution in [3.8, 4) is 0 Å². The van der Waals surface area contributed by atoms with Crippen molar-refractivity contribution >= 4 is 35.1 Å². The molecule has 2 rings (SSSR count). The lowest BCUT2D eigenvalue weighted by Crippen LogP contribution is -2.37. The Morgan fingerprint density at radius 3 is 2.19 bits per heavy atom. The molecule has 0 bridgehead atoms. The van der Waals surface area contributed by atoms with Gasteiger partial charge >= 0.3 is 5.97 Å². The third-order valence-corrected chi connectivity index (χ3v) is 4.46. The van der Waals surface area contributed by atoms with Gasteiger partial charge in [0.25, 0.3) is 5.91 Å². The number of hydrogen-bond acceptors (Lipinski definition) is 3. The summed E-state index contributed by atoms with van der Waals surface area (Å²) in [6.07, 6.45) is -0.933. The fraction of sp³-hybridized carbons (Fsp3) is 0.300. The van der Waals surface area contributed by atoms with E-state index in [-0.39, 0.29) is 6.04 Å². The predicted molar refractivity (Wildman–Crippen MR) is 104 cm³/mol. The highest BCUT2D eigenvalue weighted by molar-refractivity contribution is 6.35. The number of rotatable bonds is 5. The Hall–Kier alpha value is -2.04. The standard InChI is InChI=1S/C20H21Cl2NO3/c1-11-7-12(2)9-15(8-11)20(25)26-14(4)19(24)23-13(3)17-6-5-16(21)10-18(17)22/h5-10,13-14H,1-4H3,(H,23,24)/t13-,14-/m0/s1. The third-order valence-electron chi connectivity index (χ3n) is 3.90. The summed E-state index contributed by atoms with van der Waals surface area (Å²) >= 11 is 12.0. The van der Waals surface area contributed by atoms with Crippen molar-refractivity contribution in [2.45, 2.75) is 39.8 Å². The lowest BCUT2D eigenvalue weighted by molar-refractivity contribution is -0.129. The molecule has 2 aromatic rings. The van der Waals surface area contributed by atoms with E-state index in [1.165, 1.54) is 6.92 Å². The van der Waals surface area contributed by atoms with Gasteiger partial charge in [-0.3, -0.25) is 4.79 Å². The SMILES string of the molecule is Cc1cc(C)cc(C(=O)O[C@@H](C)C(=O)N[C@@H](C)c2ccc(Cl)cc2Cl)c1. The first-order valence-electron chi connectivity index (χ1n) is 8.22. The van der Waals surface area contributed by atoms with Crippen molar-refractivity contribution in [2.24, 2.45) is 0 Å². The second-order valence-corrected chi connectivity index (χ2v) is 7.16. The van der Waals surface area contributed by atoms with Crippen molar-refractivity contribution in [3.63, 3.8) is 0 Å². The smallest absolute Gasteiger partial charge is 0.338 e. The molecule has 0 saturated heterocycles. The van der Waals surface area contributed by atoms with Gasteiger partial charge in [-0.15, -0.1) is 0 Å². The summed E-state index contributed by atoms with van der Waals surface area (Å²) in [5.41, 5.74) is 3.08. The molecule has 0 heterocycles. The molecule has 0 spiro atoms. The molecule has 138 valence electrons.